The molecule has 1 aliphatic heterocycles. The molecule has 0 radical (unpaired) electrons. The van der Waals surface area contributed by atoms with Crippen LogP contribution in [0.1, 0.15) is 47.5 Å². The first kappa shape index (κ1) is 27.7. The molecule has 1 aliphatic rings. The number of carbonyl (C=O) groups is 5. The molecule has 1 rings (SSSR count). The summed E-state index contributed by atoms with van der Waals surface area (Å²) >= 11 is 0. The van der Waals surface area contributed by atoms with Gasteiger partial charge in [0.1, 0.15) is 12.7 Å². The number of unbranched alkanes of at least 4 members (excludes halogenated alkanes) is 1. The summed E-state index contributed by atoms with van der Waals surface area (Å²) in [5.41, 5.74) is 0. The maximum absolute atomic E-state index is 12.6. The highest BCUT2D eigenvalue weighted by Gasteiger charge is 2.52. The van der Waals surface area contributed by atoms with Crippen molar-refractivity contribution in [3.63, 3.8) is 0 Å². The second-order valence-corrected chi connectivity index (χ2v) is 7.13. The van der Waals surface area contributed by atoms with Crippen molar-refractivity contribution in [2.45, 2.75) is 78.1 Å². The summed E-state index contributed by atoms with van der Waals surface area (Å²) in [7, 11) is 0. The molecule has 0 aromatic rings. The SMILES string of the molecule is CCCCN(N=O)C(=O)N[C@@H]1O[C@H](COC(C)=O)[C@@H](OC(C)=O)[C@H](OC(C)=O)[C@H]1OC(C)=O. The first-order valence-corrected chi connectivity index (χ1v) is 10.2. The summed E-state index contributed by atoms with van der Waals surface area (Å²) in [5, 5.41) is 5.62. The predicted octanol–water partition coefficient (Wildman–Crippen LogP) is 0.563. The lowest BCUT2D eigenvalue weighted by Crippen LogP contribution is -2.66. The lowest BCUT2D eigenvalue weighted by Gasteiger charge is -2.44. The van der Waals surface area contributed by atoms with E-state index >= 15 is 0 Å². The summed E-state index contributed by atoms with van der Waals surface area (Å²) in [4.78, 5) is 70.2. The van der Waals surface area contributed by atoms with Gasteiger partial charge in [-0.25, -0.2) is 4.79 Å². The Kier molecular flexibility index (Phi) is 11.2. The van der Waals surface area contributed by atoms with Gasteiger partial charge >= 0.3 is 29.9 Å². The number of hydrogen-bond donors (Lipinski definition) is 1. The van der Waals surface area contributed by atoms with Crippen LogP contribution in [0.5, 0.6) is 0 Å². The molecule has 1 N–H and O–H groups in total. The van der Waals surface area contributed by atoms with Gasteiger partial charge in [0, 0.05) is 34.2 Å². The second-order valence-electron chi connectivity index (χ2n) is 7.13. The first-order chi connectivity index (χ1) is 15.5. The van der Waals surface area contributed by atoms with Gasteiger partial charge in [-0.3, -0.25) is 19.2 Å². The van der Waals surface area contributed by atoms with Gasteiger partial charge in [0.05, 0.1) is 5.29 Å². The van der Waals surface area contributed by atoms with E-state index in [4.69, 9.17) is 23.7 Å². The Bertz CT molecular complexity index is 744. The highest BCUT2D eigenvalue weighted by Crippen LogP contribution is 2.28. The Balaban J connectivity index is 3.34. The highest BCUT2D eigenvalue weighted by atomic mass is 16.7. The maximum Gasteiger partial charge on any atom is 0.342 e. The normalized spacial score (nSPS) is 24.1. The molecule has 14 heteroatoms. The van der Waals surface area contributed by atoms with Gasteiger partial charge in [0.25, 0.3) is 0 Å². The molecule has 0 aromatic heterocycles. The van der Waals surface area contributed by atoms with Crippen molar-refractivity contribution in [3.05, 3.63) is 4.91 Å². The summed E-state index contributed by atoms with van der Waals surface area (Å²) in [6.45, 7) is 5.77. The fourth-order valence-electron chi connectivity index (χ4n) is 3.03. The van der Waals surface area contributed by atoms with Crippen LogP contribution in [0.4, 0.5) is 4.79 Å². The third kappa shape index (κ3) is 9.00. The van der Waals surface area contributed by atoms with Crippen molar-refractivity contribution >= 4 is 29.9 Å². The van der Waals surface area contributed by atoms with Crippen LogP contribution in [-0.2, 0) is 42.9 Å². The molecule has 0 aliphatic carbocycles. The van der Waals surface area contributed by atoms with Crippen LogP contribution >= 0.6 is 0 Å². The minimum atomic E-state index is -1.48. The Morgan fingerprint density at radius 1 is 0.879 bits per heavy atom. The van der Waals surface area contributed by atoms with Crippen molar-refractivity contribution in [2.75, 3.05) is 13.2 Å². The summed E-state index contributed by atoms with van der Waals surface area (Å²) < 4.78 is 26.4. The number of urea groups is 1. The Morgan fingerprint density at radius 2 is 1.42 bits per heavy atom. The predicted molar refractivity (Wildman–Crippen MR) is 108 cm³/mol. The molecule has 14 nitrogen and oxygen atoms in total. The fourth-order valence-corrected chi connectivity index (χ4v) is 3.03. The first-order valence-electron chi connectivity index (χ1n) is 10.2. The minimum Gasteiger partial charge on any atom is -0.463 e. The summed E-state index contributed by atoms with van der Waals surface area (Å²) in [6.07, 6.45) is -5.83. The van der Waals surface area contributed by atoms with Gasteiger partial charge in [-0.2, -0.15) is 5.01 Å². The molecule has 33 heavy (non-hydrogen) atoms. The molecular weight excluding hydrogens is 446 g/mol. The number of nitrogens with zero attached hydrogens (tertiary/aromatic N) is 2. The van der Waals surface area contributed by atoms with Gasteiger partial charge in [0.2, 0.25) is 0 Å². The molecule has 0 unspecified atom stereocenters. The number of rotatable bonds is 10. The fraction of sp³-hybridized carbons (Fsp3) is 0.737. The number of amides is 2. The number of ether oxygens (including phenoxy) is 5. The van der Waals surface area contributed by atoms with Gasteiger partial charge in [-0.05, 0) is 6.42 Å². The van der Waals surface area contributed by atoms with E-state index in [1.165, 1.54) is 0 Å². The Morgan fingerprint density at radius 3 is 1.91 bits per heavy atom. The van der Waals surface area contributed by atoms with Crippen molar-refractivity contribution in [2.24, 2.45) is 5.29 Å². The average molecular weight is 475 g/mol. The largest absolute Gasteiger partial charge is 0.463 e. The molecule has 2 amide bonds. The molecule has 186 valence electrons. The maximum atomic E-state index is 12.6. The van der Waals surface area contributed by atoms with Gasteiger partial charge < -0.3 is 29.0 Å². The number of hydrogen-bond acceptors (Lipinski definition) is 12. The lowest BCUT2D eigenvalue weighted by molar-refractivity contribution is -0.255. The third-order valence-corrected chi connectivity index (χ3v) is 4.31. The molecule has 1 heterocycles. The van der Waals surface area contributed by atoms with Crippen molar-refractivity contribution in [3.8, 4) is 0 Å². The van der Waals surface area contributed by atoms with Gasteiger partial charge in [-0.1, -0.05) is 13.3 Å². The Labute approximate surface area is 190 Å². The van der Waals surface area contributed by atoms with Gasteiger partial charge in [0.15, 0.2) is 24.5 Å². The van der Waals surface area contributed by atoms with Crippen LogP contribution in [0.2, 0.25) is 0 Å². The van der Waals surface area contributed by atoms with E-state index in [1.54, 1.807) is 0 Å². The van der Waals surface area contributed by atoms with Crippen LogP contribution in [0.25, 0.3) is 0 Å². The summed E-state index contributed by atoms with van der Waals surface area (Å²) in [6, 6.07) is -0.973. The third-order valence-electron chi connectivity index (χ3n) is 4.31. The smallest absolute Gasteiger partial charge is 0.342 e. The standard InChI is InChI=1S/C19H29N3O11/c1-6-7-8-22(21-28)19(27)20-18-17(32-13(5)26)16(31-12(4)25)15(30-11(3)24)14(33-18)9-29-10(2)23/h14-18H,6-9H2,1-5H3,(H,20,27)/t14-,15-,16+,17-,18-/m1/s1. The van der Waals surface area contributed by atoms with E-state index in [0.717, 1.165) is 27.7 Å². The number of carbonyl (C=O) groups excluding carboxylic acids is 5. The van der Waals surface area contributed by atoms with Crippen molar-refractivity contribution in [1.29, 1.82) is 0 Å². The van der Waals surface area contributed by atoms with Crippen molar-refractivity contribution < 1.29 is 47.7 Å². The van der Waals surface area contributed by atoms with Crippen LogP contribution in [-0.4, -0.2) is 78.7 Å². The summed E-state index contributed by atoms with van der Waals surface area (Å²) in [5.74, 6) is -3.10. The van der Waals surface area contributed by atoms with Crippen LogP contribution in [0.3, 0.4) is 0 Å². The molecule has 5 atom stereocenters. The average Bonchev–Trinajstić information content (AvgIpc) is 2.70. The number of nitroso groups, excluding NO2 is 1. The number of esters is 4. The Hall–Kier alpha value is -3.29. The lowest BCUT2D eigenvalue weighted by atomic mass is 9.97. The highest BCUT2D eigenvalue weighted by molar-refractivity contribution is 5.74. The zero-order valence-corrected chi connectivity index (χ0v) is 19.1. The molecule has 0 aromatic carbocycles. The molecule has 1 fully saturated rings. The molecule has 0 spiro atoms. The zero-order chi connectivity index (χ0) is 25.1. The van der Waals surface area contributed by atoms with Crippen molar-refractivity contribution in [1.82, 2.24) is 10.3 Å². The van der Waals surface area contributed by atoms with Gasteiger partial charge in [-0.15, -0.1) is 4.91 Å². The molecular formula is C19H29N3O11. The zero-order valence-electron chi connectivity index (χ0n) is 19.1. The molecule has 0 bridgehead atoms. The second kappa shape index (κ2) is 13.3. The molecule has 0 saturated carbocycles. The van der Waals surface area contributed by atoms with E-state index in [9.17, 15) is 28.9 Å². The van der Waals surface area contributed by atoms with Crippen LogP contribution in [0, 0.1) is 4.91 Å². The van der Waals surface area contributed by atoms with E-state index < -0.39 is 67.2 Å². The van der Waals surface area contributed by atoms with E-state index in [0.29, 0.717) is 17.9 Å². The monoisotopic (exact) mass is 475 g/mol. The van der Waals surface area contributed by atoms with E-state index in [2.05, 4.69) is 10.6 Å². The molecule has 1 saturated heterocycles. The number of nitrogens with one attached hydrogen (secondary N) is 1. The van der Waals surface area contributed by atoms with Crippen LogP contribution in [0.15, 0.2) is 5.29 Å². The topological polar surface area (TPSA) is 176 Å². The van der Waals surface area contributed by atoms with E-state index in [1.807, 2.05) is 6.92 Å². The minimum absolute atomic E-state index is 0.0110. The van der Waals surface area contributed by atoms with E-state index in [-0.39, 0.29) is 6.54 Å². The van der Waals surface area contributed by atoms with Crippen LogP contribution < -0.4 is 5.32 Å². The quantitative estimate of drug-likeness (QED) is 0.202.